The highest BCUT2D eigenvalue weighted by atomic mass is 16.5. The molecule has 4 aromatic rings. The molecule has 176 valence electrons. The first kappa shape index (κ1) is 23.5. The number of nitrogens with zero attached hydrogens (tertiary/aromatic N) is 1. The fourth-order valence-electron chi connectivity index (χ4n) is 3.54. The molecule has 0 unspecified atom stereocenters. The number of hydrogen-bond donors (Lipinski definition) is 1. The molecule has 0 bridgehead atoms. The number of methoxy groups -OCH3 is 2. The monoisotopic (exact) mass is 468 g/mol. The fraction of sp³-hybridized carbons (Fsp3) is 0.107. The molecule has 7 nitrogen and oxygen atoms in total. The Labute approximate surface area is 202 Å². The molecule has 0 atom stereocenters. The molecule has 0 fully saturated rings. The number of nitrogens with one attached hydrogen (secondary N) is 1. The van der Waals surface area contributed by atoms with Crippen molar-refractivity contribution >= 4 is 28.9 Å². The zero-order valence-corrected chi connectivity index (χ0v) is 19.6. The number of hydrazone groups is 1. The Morgan fingerprint density at radius 2 is 1.49 bits per heavy atom. The zero-order valence-electron chi connectivity index (χ0n) is 19.6. The highest BCUT2D eigenvalue weighted by Crippen LogP contribution is 2.30. The summed E-state index contributed by atoms with van der Waals surface area (Å²) in [6, 6.07) is 23.1. The average Bonchev–Trinajstić information content (AvgIpc) is 2.89. The lowest BCUT2D eigenvalue weighted by Gasteiger charge is -2.12. The van der Waals surface area contributed by atoms with Gasteiger partial charge in [-0.15, -0.1) is 0 Å². The van der Waals surface area contributed by atoms with Gasteiger partial charge in [-0.3, -0.25) is 4.79 Å². The first-order valence-electron chi connectivity index (χ1n) is 10.9. The molecule has 0 aliphatic heterocycles. The molecule has 4 aromatic carbocycles. The predicted molar refractivity (Wildman–Crippen MR) is 135 cm³/mol. The van der Waals surface area contributed by atoms with Gasteiger partial charge in [0.1, 0.15) is 5.75 Å². The molecule has 0 saturated heterocycles. The Bertz CT molecular complexity index is 1410. The molecular formula is C28H24N2O5. The number of rotatable bonds is 7. The van der Waals surface area contributed by atoms with Gasteiger partial charge in [0.05, 0.1) is 26.0 Å². The number of carbonyl (C=O) groups excluding carboxylic acids is 2. The standard InChI is InChI=1S/C28H24N2O5/c1-18-8-10-20(11-9-18)27(31)30-29-17-23-22-7-5-4-6-19(22)12-14-24(23)35-28(32)21-13-15-25(33-2)26(16-21)34-3/h4-17H,1-3H3,(H,30,31). The van der Waals surface area contributed by atoms with Crippen molar-refractivity contribution in [2.24, 2.45) is 5.10 Å². The van der Waals surface area contributed by atoms with E-state index in [-0.39, 0.29) is 5.91 Å². The number of ether oxygens (including phenoxy) is 3. The van der Waals surface area contributed by atoms with E-state index in [4.69, 9.17) is 14.2 Å². The van der Waals surface area contributed by atoms with E-state index in [0.29, 0.717) is 33.9 Å². The van der Waals surface area contributed by atoms with Crippen LogP contribution in [0.3, 0.4) is 0 Å². The second-order valence-corrected chi connectivity index (χ2v) is 7.72. The number of aryl methyl sites for hydroxylation is 1. The quantitative estimate of drug-likeness (QED) is 0.175. The number of hydrogen-bond acceptors (Lipinski definition) is 6. The van der Waals surface area contributed by atoms with Gasteiger partial charge in [0.25, 0.3) is 5.91 Å². The molecule has 4 rings (SSSR count). The second-order valence-electron chi connectivity index (χ2n) is 7.72. The normalized spacial score (nSPS) is 10.8. The lowest BCUT2D eigenvalue weighted by Crippen LogP contribution is -2.17. The molecule has 0 spiro atoms. The third-order valence-corrected chi connectivity index (χ3v) is 5.43. The van der Waals surface area contributed by atoms with Gasteiger partial charge in [-0.25, -0.2) is 10.2 Å². The molecule has 0 saturated carbocycles. The van der Waals surface area contributed by atoms with Crippen molar-refractivity contribution < 1.29 is 23.8 Å². The van der Waals surface area contributed by atoms with Crippen molar-refractivity contribution in [1.82, 2.24) is 5.43 Å². The van der Waals surface area contributed by atoms with Crippen LogP contribution in [0.4, 0.5) is 0 Å². The predicted octanol–water partition coefficient (Wildman–Crippen LogP) is 5.15. The summed E-state index contributed by atoms with van der Waals surface area (Å²) < 4.78 is 16.2. The van der Waals surface area contributed by atoms with Crippen molar-refractivity contribution in [2.75, 3.05) is 14.2 Å². The van der Waals surface area contributed by atoms with Gasteiger partial charge in [-0.1, -0.05) is 48.0 Å². The van der Waals surface area contributed by atoms with Crippen molar-refractivity contribution in [2.45, 2.75) is 6.92 Å². The second kappa shape index (κ2) is 10.5. The third-order valence-electron chi connectivity index (χ3n) is 5.43. The largest absolute Gasteiger partial charge is 0.493 e. The Kier molecular flexibility index (Phi) is 7.07. The molecule has 0 aliphatic carbocycles. The van der Waals surface area contributed by atoms with E-state index in [2.05, 4.69) is 10.5 Å². The van der Waals surface area contributed by atoms with Gasteiger partial charge in [-0.2, -0.15) is 5.10 Å². The maximum absolute atomic E-state index is 12.9. The van der Waals surface area contributed by atoms with Gasteiger partial charge < -0.3 is 14.2 Å². The van der Waals surface area contributed by atoms with E-state index in [9.17, 15) is 9.59 Å². The van der Waals surface area contributed by atoms with E-state index >= 15 is 0 Å². The fourth-order valence-corrected chi connectivity index (χ4v) is 3.54. The van der Waals surface area contributed by atoms with Crippen LogP contribution in [0.5, 0.6) is 17.2 Å². The van der Waals surface area contributed by atoms with Gasteiger partial charge in [0.15, 0.2) is 11.5 Å². The van der Waals surface area contributed by atoms with Crippen LogP contribution >= 0.6 is 0 Å². The van der Waals surface area contributed by atoms with Crippen molar-refractivity contribution in [3.8, 4) is 17.2 Å². The summed E-state index contributed by atoms with van der Waals surface area (Å²) in [7, 11) is 3.02. The summed E-state index contributed by atoms with van der Waals surface area (Å²) in [4.78, 5) is 25.4. The minimum atomic E-state index is -0.570. The molecule has 0 radical (unpaired) electrons. The maximum Gasteiger partial charge on any atom is 0.343 e. The Morgan fingerprint density at radius 3 is 2.23 bits per heavy atom. The Balaban J connectivity index is 1.62. The van der Waals surface area contributed by atoms with E-state index in [1.54, 1.807) is 36.4 Å². The molecule has 1 amide bonds. The van der Waals surface area contributed by atoms with Crippen molar-refractivity contribution in [3.63, 3.8) is 0 Å². The molecule has 0 heterocycles. The van der Waals surface area contributed by atoms with E-state index in [1.807, 2.05) is 49.4 Å². The van der Waals surface area contributed by atoms with Crippen molar-refractivity contribution in [3.05, 3.63) is 101 Å². The van der Waals surface area contributed by atoms with E-state index in [1.165, 1.54) is 20.4 Å². The smallest absolute Gasteiger partial charge is 0.343 e. The highest BCUT2D eigenvalue weighted by molar-refractivity contribution is 6.04. The SMILES string of the molecule is COc1ccc(C(=O)Oc2ccc3ccccc3c2C=NNC(=O)c2ccc(C)cc2)cc1OC. The lowest BCUT2D eigenvalue weighted by atomic mass is 10.0. The highest BCUT2D eigenvalue weighted by Gasteiger charge is 2.16. The number of esters is 1. The van der Waals surface area contributed by atoms with Gasteiger partial charge in [-0.05, 0) is 54.1 Å². The molecule has 35 heavy (non-hydrogen) atoms. The Hall–Kier alpha value is -4.65. The molecular weight excluding hydrogens is 444 g/mol. The number of amides is 1. The topological polar surface area (TPSA) is 86.2 Å². The third kappa shape index (κ3) is 5.30. The van der Waals surface area contributed by atoms with Crippen molar-refractivity contribution in [1.29, 1.82) is 0 Å². The van der Waals surface area contributed by atoms with Gasteiger partial charge >= 0.3 is 5.97 Å². The summed E-state index contributed by atoms with van der Waals surface area (Å²) in [6.07, 6.45) is 1.48. The van der Waals surface area contributed by atoms with Crippen LogP contribution in [0.1, 0.15) is 31.8 Å². The number of benzene rings is 4. The average molecular weight is 469 g/mol. The Morgan fingerprint density at radius 1 is 0.800 bits per heavy atom. The molecule has 0 aliphatic rings. The first-order valence-corrected chi connectivity index (χ1v) is 10.9. The summed E-state index contributed by atoms with van der Waals surface area (Å²) in [5, 5.41) is 5.88. The van der Waals surface area contributed by atoms with Crippen LogP contribution < -0.4 is 19.6 Å². The summed E-state index contributed by atoms with van der Waals surface area (Å²) >= 11 is 0. The molecule has 1 N–H and O–H groups in total. The first-order chi connectivity index (χ1) is 17.0. The number of fused-ring (bicyclic) bond motifs is 1. The van der Waals surface area contributed by atoms with Crippen LogP contribution in [0.2, 0.25) is 0 Å². The summed E-state index contributed by atoms with van der Waals surface area (Å²) in [5.41, 5.74) is 4.93. The molecule has 7 heteroatoms. The van der Waals surface area contributed by atoms with Gasteiger partial charge in [0, 0.05) is 11.1 Å². The minimum absolute atomic E-state index is 0.298. The summed E-state index contributed by atoms with van der Waals surface area (Å²) in [5.74, 6) is 0.315. The van der Waals surface area contributed by atoms with E-state index in [0.717, 1.165) is 16.3 Å². The lowest BCUT2D eigenvalue weighted by molar-refractivity contribution is 0.0734. The maximum atomic E-state index is 12.9. The van der Waals surface area contributed by atoms with E-state index < -0.39 is 5.97 Å². The van der Waals surface area contributed by atoms with Gasteiger partial charge in [0.2, 0.25) is 0 Å². The van der Waals surface area contributed by atoms with Crippen LogP contribution in [0.15, 0.2) is 84.0 Å². The van der Waals surface area contributed by atoms with Crippen LogP contribution in [0.25, 0.3) is 10.8 Å². The molecule has 0 aromatic heterocycles. The van der Waals surface area contributed by atoms with Crippen LogP contribution in [-0.2, 0) is 0 Å². The number of carbonyl (C=O) groups is 2. The minimum Gasteiger partial charge on any atom is -0.493 e. The zero-order chi connectivity index (χ0) is 24.8. The summed E-state index contributed by atoms with van der Waals surface area (Å²) in [6.45, 7) is 1.95. The van der Waals surface area contributed by atoms with Crippen LogP contribution in [-0.4, -0.2) is 32.3 Å². The van der Waals surface area contributed by atoms with Crippen LogP contribution in [0, 0.1) is 6.92 Å².